The number of amides is 1. The summed E-state index contributed by atoms with van der Waals surface area (Å²) < 4.78 is 1.13. The number of carbonyl (C=O) groups excluding carboxylic acids is 1. The van der Waals surface area contributed by atoms with Gasteiger partial charge in [0.1, 0.15) is 5.56 Å². The highest BCUT2D eigenvalue weighted by Crippen LogP contribution is 2.45. The van der Waals surface area contributed by atoms with Crippen LogP contribution in [0, 0.1) is 11.3 Å². The van der Waals surface area contributed by atoms with Gasteiger partial charge in [0.25, 0.3) is 11.5 Å². The van der Waals surface area contributed by atoms with E-state index in [4.69, 9.17) is 0 Å². The monoisotopic (exact) mass is 335 g/mol. The molecule has 8 nitrogen and oxygen atoms in total. The number of aliphatic carboxylic acids is 1. The van der Waals surface area contributed by atoms with Gasteiger partial charge in [-0.05, 0) is 25.2 Å². The normalized spacial score (nSPS) is 24.0. The Balaban J connectivity index is 1.87. The van der Waals surface area contributed by atoms with Crippen molar-refractivity contribution in [2.75, 3.05) is 13.1 Å². The molecular formula is C16H21N3O5. The van der Waals surface area contributed by atoms with Crippen molar-refractivity contribution in [2.45, 2.75) is 32.1 Å². The highest BCUT2D eigenvalue weighted by molar-refractivity contribution is 5.94. The quantitative estimate of drug-likeness (QED) is 0.815. The number of carboxylic acids is 1. The van der Waals surface area contributed by atoms with Crippen LogP contribution in [0.1, 0.15) is 42.5 Å². The van der Waals surface area contributed by atoms with E-state index in [1.165, 1.54) is 18.1 Å². The van der Waals surface area contributed by atoms with E-state index in [2.05, 4.69) is 4.98 Å². The lowest BCUT2D eigenvalue weighted by molar-refractivity contribution is -0.152. The maximum Gasteiger partial charge on any atom is 0.328 e. The van der Waals surface area contributed by atoms with Gasteiger partial charge < -0.3 is 14.6 Å². The molecule has 2 N–H and O–H groups in total. The standard InChI is InChI=1S/C16H21N3O5/c1-18-8-11(12(20)17-15(18)24)13(21)19-6-2-5-16(9-19,14(22)23)7-10-3-4-10/h8,10H,2-7,9H2,1H3,(H,22,23)(H,17,20,24)/t16-/m1/s1. The van der Waals surface area contributed by atoms with Crippen molar-refractivity contribution >= 4 is 11.9 Å². The van der Waals surface area contributed by atoms with Crippen LogP contribution in [-0.4, -0.2) is 44.5 Å². The summed E-state index contributed by atoms with van der Waals surface area (Å²) in [5.41, 5.74) is -2.40. The fourth-order valence-corrected chi connectivity index (χ4v) is 3.49. The van der Waals surface area contributed by atoms with Crippen molar-refractivity contribution in [1.82, 2.24) is 14.5 Å². The van der Waals surface area contributed by atoms with Crippen molar-refractivity contribution in [3.63, 3.8) is 0 Å². The number of rotatable bonds is 4. The van der Waals surface area contributed by atoms with Crippen LogP contribution < -0.4 is 11.2 Å². The van der Waals surface area contributed by atoms with E-state index in [-0.39, 0.29) is 12.1 Å². The van der Waals surface area contributed by atoms with Crippen LogP contribution in [-0.2, 0) is 11.8 Å². The molecular weight excluding hydrogens is 314 g/mol. The molecule has 1 saturated carbocycles. The van der Waals surface area contributed by atoms with E-state index in [9.17, 15) is 24.3 Å². The molecule has 0 aromatic carbocycles. The summed E-state index contributed by atoms with van der Waals surface area (Å²) in [6, 6.07) is 0. The summed E-state index contributed by atoms with van der Waals surface area (Å²) in [7, 11) is 1.44. The average Bonchev–Trinajstić information content (AvgIpc) is 3.34. The van der Waals surface area contributed by atoms with Crippen LogP contribution in [0.5, 0.6) is 0 Å². The van der Waals surface area contributed by atoms with Crippen LogP contribution in [0.2, 0.25) is 0 Å². The summed E-state index contributed by atoms with van der Waals surface area (Å²) in [5, 5.41) is 9.72. The Labute approximate surface area is 138 Å². The molecule has 0 spiro atoms. The SMILES string of the molecule is Cn1cc(C(=O)N2CCC[C@](CC3CC3)(C(=O)O)C2)c(=O)[nH]c1=O. The minimum absolute atomic E-state index is 0.111. The van der Waals surface area contributed by atoms with Crippen molar-refractivity contribution in [2.24, 2.45) is 18.4 Å². The molecule has 1 atom stereocenters. The molecule has 0 radical (unpaired) electrons. The molecule has 0 unspecified atom stereocenters. The van der Waals surface area contributed by atoms with Gasteiger partial charge in [0.2, 0.25) is 0 Å². The Morgan fingerprint density at radius 1 is 1.38 bits per heavy atom. The third-order valence-corrected chi connectivity index (χ3v) is 5.03. The highest BCUT2D eigenvalue weighted by Gasteiger charge is 2.47. The number of aromatic amines is 1. The topological polar surface area (TPSA) is 112 Å². The maximum absolute atomic E-state index is 12.7. The van der Waals surface area contributed by atoms with Crippen molar-refractivity contribution in [1.29, 1.82) is 0 Å². The van der Waals surface area contributed by atoms with E-state index >= 15 is 0 Å². The minimum atomic E-state index is -0.928. The van der Waals surface area contributed by atoms with Gasteiger partial charge >= 0.3 is 11.7 Å². The van der Waals surface area contributed by atoms with E-state index in [0.717, 1.165) is 17.4 Å². The van der Waals surface area contributed by atoms with Crippen LogP contribution >= 0.6 is 0 Å². The zero-order valence-corrected chi connectivity index (χ0v) is 13.6. The Morgan fingerprint density at radius 2 is 2.08 bits per heavy atom. The Bertz CT molecular complexity index is 792. The fourth-order valence-electron chi connectivity index (χ4n) is 3.49. The molecule has 1 saturated heterocycles. The number of likely N-dealkylation sites (tertiary alicyclic amines) is 1. The van der Waals surface area contributed by atoms with Crippen molar-refractivity contribution in [3.05, 3.63) is 32.6 Å². The number of nitrogens with zero attached hydrogens (tertiary/aromatic N) is 2. The number of hydrogen-bond acceptors (Lipinski definition) is 4. The van der Waals surface area contributed by atoms with E-state index in [0.29, 0.717) is 31.7 Å². The molecule has 1 aromatic heterocycles. The predicted octanol–water partition coefficient (Wildman–Crippen LogP) is 0.181. The molecule has 0 bridgehead atoms. The number of nitrogens with one attached hydrogen (secondary N) is 1. The largest absolute Gasteiger partial charge is 0.481 e. The fraction of sp³-hybridized carbons (Fsp3) is 0.625. The lowest BCUT2D eigenvalue weighted by atomic mass is 9.75. The summed E-state index contributed by atoms with van der Waals surface area (Å²) in [5.74, 6) is -0.966. The summed E-state index contributed by atoms with van der Waals surface area (Å²) in [6.45, 7) is 0.529. The summed E-state index contributed by atoms with van der Waals surface area (Å²) in [4.78, 5) is 51.4. The third-order valence-electron chi connectivity index (χ3n) is 5.03. The molecule has 2 aliphatic rings. The zero-order valence-electron chi connectivity index (χ0n) is 13.6. The van der Waals surface area contributed by atoms with E-state index < -0.39 is 28.5 Å². The molecule has 3 rings (SSSR count). The van der Waals surface area contributed by atoms with Gasteiger partial charge in [-0.25, -0.2) is 4.79 Å². The van der Waals surface area contributed by atoms with Gasteiger partial charge in [-0.2, -0.15) is 0 Å². The predicted molar refractivity (Wildman–Crippen MR) is 84.9 cm³/mol. The average molecular weight is 335 g/mol. The van der Waals surface area contributed by atoms with Gasteiger partial charge in [-0.1, -0.05) is 12.8 Å². The van der Waals surface area contributed by atoms with E-state index in [1.807, 2.05) is 0 Å². The second-order valence-electron chi connectivity index (χ2n) is 6.98. The first kappa shape index (κ1) is 16.5. The molecule has 2 heterocycles. The van der Waals surface area contributed by atoms with Crippen LogP contribution in [0.15, 0.2) is 15.8 Å². The molecule has 1 aliphatic carbocycles. The lowest BCUT2D eigenvalue weighted by Gasteiger charge is -2.40. The number of piperidine rings is 1. The first-order chi connectivity index (χ1) is 11.3. The second-order valence-corrected chi connectivity index (χ2v) is 6.98. The summed E-state index contributed by atoms with van der Waals surface area (Å²) in [6.07, 6.45) is 5.02. The van der Waals surface area contributed by atoms with Crippen LogP contribution in [0.4, 0.5) is 0 Å². The first-order valence-electron chi connectivity index (χ1n) is 8.15. The molecule has 1 aliphatic heterocycles. The Hall–Kier alpha value is -2.38. The molecule has 1 amide bonds. The number of carboxylic acid groups (broad SMARTS) is 1. The van der Waals surface area contributed by atoms with Crippen LogP contribution in [0.25, 0.3) is 0 Å². The number of hydrogen-bond donors (Lipinski definition) is 2. The first-order valence-corrected chi connectivity index (χ1v) is 8.15. The van der Waals surface area contributed by atoms with Crippen molar-refractivity contribution in [3.8, 4) is 0 Å². The number of carbonyl (C=O) groups is 2. The van der Waals surface area contributed by atoms with Gasteiger partial charge in [0, 0.05) is 26.3 Å². The Morgan fingerprint density at radius 3 is 2.71 bits per heavy atom. The van der Waals surface area contributed by atoms with Crippen LogP contribution in [0.3, 0.4) is 0 Å². The lowest BCUT2D eigenvalue weighted by Crippen LogP contribution is -2.51. The smallest absolute Gasteiger partial charge is 0.328 e. The van der Waals surface area contributed by atoms with E-state index in [1.54, 1.807) is 0 Å². The Kier molecular flexibility index (Phi) is 4.06. The van der Waals surface area contributed by atoms with Gasteiger partial charge in [0.05, 0.1) is 5.41 Å². The number of H-pyrrole nitrogens is 1. The zero-order chi connectivity index (χ0) is 17.5. The van der Waals surface area contributed by atoms with Crippen molar-refractivity contribution < 1.29 is 14.7 Å². The molecule has 24 heavy (non-hydrogen) atoms. The number of aryl methyl sites for hydroxylation is 1. The third kappa shape index (κ3) is 3.00. The molecule has 2 fully saturated rings. The number of aromatic nitrogens is 2. The molecule has 8 heteroatoms. The highest BCUT2D eigenvalue weighted by atomic mass is 16.4. The summed E-state index contributed by atoms with van der Waals surface area (Å²) >= 11 is 0. The minimum Gasteiger partial charge on any atom is -0.481 e. The molecule has 1 aromatic rings. The van der Waals surface area contributed by atoms with Gasteiger partial charge in [-0.3, -0.25) is 19.4 Å². The molecule has 130 valence electrons. The van der Waals surface area contributed by atoms with Gasteiger partial charge in [0.15, 0.2) is 0 Å². The van der Waals surface area contributed by atoms with Gasteiger partial charge in [-0.15, -0.1) is 0 Å². The second kappa shape index (κ2) is 5.92. The maximum atomic E-state index is 12.7.